The first kappa shape index (κ1) is 26.5. The summed E-state index contributed by atoms with van der Waals surface area (Å²) in [6.07, 6.45) is 5.09. The molecule has 1 heterocycles. The van der Waals surface area contributed by atoms with Crippen LogP contribution in [0, 0.1) is 5.92 Å². The summed E-state index contributed by atoms with van der Waals surface area (Å²) in [7, 11) is 1.31. The molecule has 3 rings (SSSR count). The molecular formula is C27H32N2O5. The number of methoxy groups -OCH3 is 1. The first-order valence-electron chi connectivity index (χ1n) is 11.3. The van der Waals surface area contributed by atoms with Crippen molar-refractivity contribution in [2.75, 3.05) is 20.2 Å². The molecule has 1 N–H and O–H groups in total. The van der Waals surface area contributed by atoms with E-state index in [1.807, 2.05) is 66.7 Å². The first-order chi connectivity index (χ1) is 16.4. The number of amides is 2. The van der Waals surface area contributed by atoms with Gasteiger partial charge in [-0.15, -0.1) is 0 Å². The highest BCUT2D eigenvalue weighted by molar-refractivity contribution is 5.92. The Kier molecular flexibility index (Phi) is 11.2. The number of ketones is 1. The minimum absolute atomic E-state index is 0.0385. The fraction of sp³-hybridized carbons (Fsp3) is 0.333. The van der Waals surface area contributed by atoms with Crippen LogP contribution in [0.4, 0.5) is 0 Å². The Labute approximate surface area is 200 Å². The van der Waals surface area contributed by atoms with Crippen molar-refractivity contribution in [3.8, 4) is 0 Å². The van der Waals surface area contributed by atoms with Gasteiger partial charge in [-0.2, -0.15) is 0 Å². The first-order valence-corrected chi connectivity index (χ1v) is 11.3. The highest BCUT2D eigenvalue weighted by Gasteiger charge is 2.28. The predicted molar refractivity (Wildman–Crippen MR) is 131 cm³/mol. The molecule has 0 saturated carbocycles. The van der Waals surface area contributed by atoms with Gasteiger partial charge in [0.25, 0.3) is 6.47 Å². The number of carbonyl (C=O) groups excluding carboxylic acids is 4. The van der Waals surface area contributed by atoms with Gasteiger partial charge in [-0.1, -0.05) is 60.7 Å². The van der Waals surface area contributed by atoms with Crippen molar-refractivity contribution in [3.63, 3.8) is 0 Å². The third-order valence-electron chi connectivity index (χ3n) is 5.58. The average molecular weight is 465 g/mol. The van der Waals surface area contributed by atoms with Gasteiger partial charge in [0.2, 0.25) is 11.8 Å². The number of piperidine rings is 1. The van der Waals surface area contributed by atoms with Crippen LogP contribution in [0.25, 0.3) is 6.08 Å². The molecule has 1 aliphatic rings. The molecule has 7 heteroatoms. The molecule has 0 bridgehead atoms. The number of ether oxygens (including phenoxy) is 1. The van der Waals surface area contributed by atoms with E-state index < -0.39 is 6.04 Å². The predicted octanol–water partition coefficient (Wildman–Crippen LogP) is 3.04. The van der Waals surface area contributed by atoms with Crippen LogP contribution in [-0.4, -0.2) is 55.2 Å². The van der Waals surface area contributed by atoms with Gasteiger partial charge in [0.1, 0.15) is 0 Å². The summed E-state index contributed by atoms with van der Waals surface area (Å²) in [6.45, 7) is 2.97. The number of carbonyl (C=O) groups is 4. The summed E-state index contributed by atoms with van der Waals surface area (Å²) in [4.78, 5) is 47.9. The van der Waals surface area contributed by atoms with E-state index in [9.17, 15) is 14.4 Å². The molecular weight excluding hydrogens is 432 g/mol. The number of Topliss-reactive ketones (excluding diaryl/α,β-unsaturated/α-hetero) is 1. The molecule has 0 spiro atoms. The number of nitrogens with one attached hydrogen (secondary N) is 1. The van der Waals surface area contributed by atoms with Crippen molar-refractivity contribution in [2.45, 2.75) is 32.2 Å². The molecule has 2 amide bonds. The van der Waals surface area contributed by atoms with Crippen LogP contribution in [0.15, 0.2) is 66.7 Å². The lowest BCUT2D eigenvalue weighted by atomic mass is 9.94. The third kappa shape index (κ3) is 9.02. The summed E-state index contributed by atoms with van der Waals surface area (Å²) in [5, 5.41) is 2.92. The number of rotatable bonds is 8. The van der Waals surface area contributed by atoms with E-state index in [-0.39, 0.29) is 23.5 Å². The standard InChI is InChI=1S/C25H28N2O3.C2H4O2/c1-19(28)23(18-21-10-6-3-7-11-21)26-25(30)22-14-16-27(17-15-22)24(29)13-12-20-8-4-2-5-9-20;1-4-2-3/h2-13,22-23H,14-18H2,1H3,(H,26,30);2H,1H3/b13-12+;. The molecule has 2 aromatic rings. The Morgan fingerprint density at radius 1 is 1.03 bits per heavy atom. The van der Waals surface area contributed by atoms with E-state index in [4.69, 9.17) is 4.79 Å². The number of benzene rings is 2. The SMILES string of the molecule is CC(=O)C(Cc1ccccc1)NC(=O)C1CCN(C(=O)/C=C/c2ccccc2)CC1.COC=O. The van der Waals surface area contributed by atoms with E-state index in [0.717, 1.165) is 11.1 Å². The molecule has 7 nitrogen and oxygen atoms in total. The summed E-state index contributed by atoms with van der Waals surface area (Å²) in [5.74, 6) is -0.364. The molecule has 0 aliphatic carbocycles. The lowest BCUT2D eigenvalue weighted by Crippen LogP contribution is -2.47. The molecule has 2 aromatic carbocycles. The van der Waals surface area contributed by atoms with Crippen molar-refractivity contribution < 1.29 is 23.9 Å². The van der Waals surface area contributed by atoms with Gasteiger partial charge in [-0.05, 0) is 43.4 Å². The molecule has 180 valence electrons. The third-order valence-corrected chi connectivity index (χ3v) is 5.58. The van der Waals surface area contributed by atoms with E-state index in [0.29, 0.717) is 38.8 Å². The maximum atomic E-state index is 12.7. The number of hydrogen-bond acceptors (Lipinski definition) is 5. The fourth-order valence-corrected chi connectivity index (χ4v) is 3.63. The van der Waals surface area contributed by atoms with E-state index in [1.54, 1.807) is 11.0 Å². The minimum atomic E-state index is -0.520. The molecule has 0 aromatic heterocycles. The summed E-state index contributed by atoms with van der Waals surface area (Å²) in [5.41, 5.74) is 2.00. The van der Waals surface area contributed by atoms with Gasteiger partial charge in [0.15, 0.2) is 5.78 Å². The summed E-state index contributed by atoms with van der Waals surface area (Å²) >= 11 is 0. The van der Waals surface area contributed by atoms with Crippen molar-refractivity contribution in [1.29, 1.82) is 0 Å². The highest BCUT2D eigenvalue weighted by atomic mass is 16.5. The summed E-state index contributed by atoms with van der Waals surface area (Å²) in [6, 6.07) is 18.8. The fourth-order valence-electron chi connectivity index (χ4n) is 3.63. The molecule has 1 aliphatic heterocycles. The zero-order chi connectivity index (χ0) is 24.8. The van der Waals surface area contributed by atoms with Gasteiger partial charge in [0.05, 0.1) is 13.2 Å². The minimum Gasteiger partial charge on any atom is -0.471 e. The van der Waals surface area contributed by atoms with Crippen LogP contribution in [0.3, 0.4) is 0 Å². The van der Waals surface area contributed by atoms with Crippen molar-refractivity contribution in [2.24, 2.45) is 5.92 Å². The Morgan fingerprint density at radius 3 is 2.12 bits per heavy atom. The Balaban J connectivity index is 0.000000945. The lowest BCUT2D eigenvalue weighted by molar-refractivity contribution is -0.133. The van der Waals surface area contributed by atoms with Gasteiger partial charge in [-0.25, -0.2) is 0 Å². The molecule has 1 unspecified atom stereocenters. The number of likely N-dealkylation sites (tertiary alicyclic amines) is 1. The van der Waals surface area contributed by atoms with E-state index >= 15 is 0 Å². The normalized spacial score (nSPS) is 14.5. The monoisotopic (exact) mass is 464 g/mol. The Morgan fingerprint density at radius 2 is 1.59 bits per heavy atom. The van der Waals surface area contributed by atoms with Crippen LogP contribution in [0.1, 0.15) is 30.9 Å². The van der Waals surface area contributed by atoms with Crippen molar-refractivity contribution in [1.82, 2.24) is 10.2 Å². The Bertz CT molecular complexity index is 952. The van der Waals surface area contributed by atoms with Crippen LogP contribution in [-0.2, 0) is 30.3 Å². The lowest BCUT2D eigenvalue weighted by Gasteiger charge is -2.31. The van der Waals surface area contributed by atoms with Gasteiger partial charge < -0.3 is 15.0 Å². The molecule has 34 heavy (non-hydrogen) atoms. The zero-order valence-corrected chi connectivity index (χ0v) is 19.7. The molecule has 0 radical (unpaired) electrons. The second-order valence-electron chi connectivity index (χ2n) is 8.04. The number of nitrogens with zero attached hydrogens (tertiary/aromatic N) is 1. The molecule has 1 fully saturated rings. The van der Waals surface area contributed by atoms with E-state index in [2.05, 4.69) is 10.1 Å². The second kappa shape index (κ2) is 14.4. The summed E-state index contributed by atoms with van der Waals surface area (Å²) < 4.78 is 3.86. The number of hydrogen-bond donors (Lipinski definition) is 1. The second-order valence-corrected chi connectivity index (χ2v) is 8.04. The van der Waals surface area contributed by atoms with Crippen LogP contribution >= 0.6 is 0 Å². The Hall–Kier alpha value is -3.74. The zero-order valence-electron chi connectivity index (χ0n) is 19.7. The van der Waals surface area contributed by atoms with Crippen molar-refractivity contribution in [3.05, 3.63) is 77.9 Å². The maximum absolute atomic E-state index is 12.7. The largest absolute Gasteiger partial charge is 0.471 e. The van der Waals surface area contributed by atoms with E-state index in [1.165, 1.54) is 14.0 Å². The van der Waals surface area contributed by atoms with Crippen molar-refractivity contribution >= 4 is 30.1 Å². The maximum Gasteiger partial charge on any atom is 0.292 e. The van der Waals surface area contributed by atoms with Gasteiger partial charge in [0, 0.05) is 25.1 Å². The van der Waals surface area contributed by atoms with Gasteiger partial charge in [-0.3, -0.25) is 19.2 Å². The average Bonchev–Trinajstić information content (AvgIpc) is 2.88. The smallest absolute Gasteiger partial charge is 0.292 e. The molecule has 1 saturated heterocycles. The van der Waals surface area contributed by atoms with Crippen LogP contribution in [0.5, 0.6) is 0 Å². The van der Waals surface area contributed by atoms with Gasteiger partial charge >= 0.3 is 0 Å². The topological polar surface area (TPSA) is 92.8 Å². The highest BCUT2D eigenvalue weighted by Crippen LogP contribution is 2.18. The quantitative estimate of drug-likeness (QED) is 0.479. The van der Waals surface area contributed by atoms with Crippen LogP contribution < -0.4 is 5.32 Å². The van der Waals surface area contributed by atoms with Crippen LogP contribution in [0.2, 0.25) is 0 Å². The molecule has 1 atom stereocenters.